The summed E-state index contributed by atoms with van der Waals surface area (Å²) in [6.07, 6.45) is 0.759. The molecule has 0 aromatic heterocycles. The number of fused-ring (bicyclic) bond motifs is 1. The average Bonchev–Trinajstić information content (AvgIpc) is 2.83. The van der Waals surface area contributed by atoms with Crippen LogP contribution in [0.4, 0.5) is 5.69 Å². The van der Waals surface area contributed by atoms with Gasteiger partial charge in [0.2, 0.25) is 15.9 Å². The highest BCUT2D eigenvalue weighted by atomic mass is 32.2. The molecule has 1 unspecified atom stereocenters. The van der Waals surface area contributed by atoms with E-state index in [1.54, 1.807) is 36.4 Å². The molecule has 2 amide bonds. The molecule has 2 aromatic carbocycles. The Morgan fingerprint density at radius 3 is 2.61 bits per heavy atom. The normalized spacial score (nSPS) is 17.4. The summed E-state index contributed by atoms with van der Waals surface area (Å²) < 4.78 is 37.4. The maximum atomic E-state index is 12.7. The summed E-state index contributed by atoms with van der Waals surface area (Å²) in [5.74, 6) is 0.279. The molecule has 9 nitrogen and oxygen atoms in total. The number of carbonyl (C=O) groups excluding carboxylic acids is 2. The average molecular weight is 474 g/mol. The van der Waals surface area contributed by atoms with Crippen LogP contribution in [0.3, 0.4) is 0 Å². The fourth-order valence-corrected chi connectivity index (χ4v) is 5.20. The maximum Gasteiger partial charge on any atom is 0.262 e. The van der Waals surface area contributed by atoms with Gasteiger partial charge >= 0.3 is 0 Å². The van der Waals surface area contributed by atoms with Crippen molar-refractivity contribution in [3.05, 3.63) is 53.6 Å². The second kappa shape index (κ2) is 9.90. The molecule has 0 aliphatic carbocycles. The van der Waals surface area contributed by atoms with E-state index in [4.69, 9.17) is 9.47 Å². The first kappa shape index (κ1) is 23.2. The summed E-state index contributed by atoms with van der Waals surface area (Å²) in [5, 5.41) is 5.72. The van der Waals surface area contributed by atoms with Gasteiger partial charge < -0.3 is 20.1 Å². The lowest BCUT2D eigenvalue weighted by atomic mass is 10.1. The fourth-order valence-electron chi connectivity index (χ4n) is 3.79. The van der Waals surface area contributed by atoms with Crippen molar-refractivity contribution in [1.82, 2.24) is 9.62 Å². The molecule has 2 aromatic rings. The zero-order valence-corrected chi connectivity index (χ0v) is 19.2. The van der Waals surface area contributed by atoms with Crippen molar-refractivity contribution >= 4 is 27.5 Å². The van der Waals surface area contributed by atoms with Crippen LogP contribution in [-0.2, 0) is 30.8 Å². The number of amides is 2. The van der Waals surface area contributed by atoms with Gasteiger partial charge in [0.15, 0.2) is 6.61 Å². The highest BCUT2D eigenvalue weighted by molar-refractivity contribution is 7.89. The van der Waals surface area contributed by atoms with Gasteiger partial charge in [-0.2, -0.15) is 4.31 Å². The third-order valence-electron chi connectivity index (χ3n) is 5.69. The molecule has 1 atom stereocenters. The van der Waals surface area contributed by atoms with Crippen LogP contribution in [0.1, 0.15) is 30.5 Å². The van der Waals surface area contributed by atoms with Crippen molar-refractivity contribution < 1.29 is 27.5 Å². The summed E-state index contributed by atoms with van der Waals surface area (Å²) in [4.78, 5) is 24.2. The van der Waals surface area contributed by atoms with Crippen molar-refractivity contribution in [3.63, 3.8) is 0 Å². The minimum absolute atomic E-state index is 0.00123. The van der Waals surface area contributed by atoms with Crippen LogP contribution in [-0.4, -0.2) is 57.4 Å². The molecule has 0 saturated carbocycles. The molecule has 2 heterocycles. The number of hydrogen-bond donors (Lipinski definition) is 2. The summed E-state index contributed by atoms with van der Waals surface area (Å²) in [5.41, 5.74) is 2.33. The molecule has 176 valence electrons. The van der Waals surface area contributed by atoms with E-state index in [-0.39, 0.29) is 35.8 Å². The van der Waals surface area contributed by atoms with Crippen LogP contribution in [0.15, 0.2) is 47.4 Å². The maximum absolute atomic E-state index is 12.7. The van der Waals surface area contributed by atoms with Gasteiger partial charge in [-0.05, 0) is 48.7 Å². The van der Waals surface area contributed by atoms with Crippen LogP contribution in [0.25, 0.3) is 0 Å². The van der Waals surface area contributed by atoms with Crippen LogP contribution >= 0.6 is 0 Å². The van der Waals surface area contributed by atoms with Gasteiger partial charge in [0.25, 0.3) is 5.91 Å². The number of anilines is 1. The molecular formula is C23H27N3O6S. The van der Waals surface area contributed by atoms with Gasteiger partial charge in [0.1, 0.15) is 5.75 Å². The number of morpholine rings is 1. The van der Waals surface area contributed by atoms with Crippen molar-refractivity contribution in [2.45, 2.75) is 30.7 Å². The van der Waals surface area contributed by atoms with Crippen LogP contribution in [0, 0.1) is 0 Å². The molecule has 2 aliphatic heterocycles. The second-order valence-electron chi connectivity index (χ2n) is 8.04. The highest BCUT2D eigenvalue weighted by Gasteiger charge is 2.26. The van der Waals surface area contributed by atoms with E-state index in [2.05, 4.69) is 10.6 Å². The van der Waals surface area contributed by atoms with Crippen molar-refractivity contribution in [2.24, 2.45) is 0 Å². The number of ether oxygens (including phenoxy) is 2. The number of nitrogens with zero attached hydrogens (tertiary/aromatic N) is 1. The van der Waals surface area contributed by atoms with Crippen molar-refractivity contribution in [3.8, 4) is 5.75 Å². The first-order chi connectivity index (χ1) is 15.8. The fraction of sp³-hybridized carbons (Fsp3) is 0.391. The number of sulfonamides is 1. The molecule has 4 rings (SSSR count). The van der Waals surface area contributed by atoms with E-state index < -0.39 is 10.0 Å². The minimum atomic E-state index is -3.53. The molecule has 2 aliphatic rings. The van der Waals surface area contributed by atoms with Gasteiger partial charge in [-0.25, -0.2) is 8.42 Å². The van der Waals surface area contributed by atoms with Gasteiger partial charge in [0.05, 0.1) is 29.8 Å². The molecule has 0 spiro atoms. The summed E-state index contributed by atoms with van der Waals surface area (Å²) in [6.45, 7) is 3.38. The summed E-state index contributed by atoms with van der Waals surface area (Å²) in [6, 6.07) is 11.8. The Bertz CT molecular complexity index is 1130. The third-order valence-corrected chi connectivity index (χ3v) is 7.60. The van der Waals surface area contributed by atoms with Crippen molar-refractivity contribution in [2.75, 3.05) is 38.2 Å². The number of nitrogens with one attached hydrogen (secondary N) is 2. The molecule has 10 heteroatoms. The molecule has 33 heavy (non-hydrogen) atoms. The van der Waals surface area contributed by atoms with Crippen LogP contribution < -0.4 is 15.4 Å². The van der Waals surface area contributed by atoms with E-state index in [9.17, 15) is 18.0 Å². The quantitative estimate of drug-likeness (QED) is 0.634. The largest absolute Gasteiger partial charge is 0.482 e. The molecule has 1 fully saturated rings. The summed E-state index contributed by atoms with van der Waals surface area (Å²) >= 11 is 0. The predicted octanol–water partition coefficient (Wildman–Crippen LogP) is 1.85. The van der Waals surface area contributed by atoms with Gasteiger partial charge in [0, 0.05) is 19.5 Å². The summed E-state index contributed by atoms with van der Waals surface area (Å²) in [7, 11) is -3.53. The molecule has 0 radical (unpaired) electrons. The van der Waals surface area contributed by atoms with Crippen molar-refractivity contribution in [1.29, 1.82) is 0 Å². The zero-order valence-electron chi connectivity index (χ0n) is 18.4. The smallest absolute Gasteiger partial charge is 0.262 e. The zero-order chi connectivity index (χ0) is 23.4. The number of benzene rings is 2. The monoisotopic (exact) mass is 473 g/mol. The topological polar surface area (TPSA) is 114 Å². The number of hydrogen-bond acceptors (Lipinski definition) is 6. The molecule has 2 N–H and O–H groups in total. The lowest BCUT2D eigenvalue weighted by Gasteiger charge is -2.26. The van der Waals surface area contributed by atoms with E-state index >= 15 is 0 Å². The van der Waals surface area contributed by atoms with Crippen LogP contribution in [0.2, 0.25) is 0 Å². The SMILES string of the molecule is CC(NC(=O)CCc1ccc(S(=O)(=O)N2CCOCC2)cc1)c1ccc2c(c1)NC(=O)CO2. The standard InChI is InChI=1S/C23H27N3O6S/c1-16(18-5-8-21-20(14-18)25-23(28)15-32-21)24-22(27)9-4-17-2-6-19(7-3-17)33(29,30)26-10-12-31-13-11-26/h2-3,5-8,14,16H,4,9-13,15H2,1H3,(H,24,27)(H,25,28). The lowest BCUT2D eigenvalue weighted by Crippen LogP contribution is -2.40. The van der Waals surface area contributed by atoms with E-state index in [1.165, 1.54) is 4.31 Å². The molecular weight excluding hydrogens is 446 g/mol. The van der Waals surface area contributed by atoms with E-state index in [0.717, 1.165) is 11.1 Å². The Morgan fingerprint density at radius 2 is 1.88 bits per heavy atom. The molecule has 0 bridgehead atoms. The Labute approximate surface area is 193 Å². The van der Waals surface area contributed by atoms with Gasteiger partial charge in [-0.1, -0.05) is 18.2 Å². The Morgan fingerprint density at radius 1 is 1.15 bits per heavy atom. The Kier molecular flexibility index (Phi) is 6.96. The third kappa shape index (κ3) is 5.52. The van der Waals surface area contributed by atoms with Crippen LogP contribution in [0.5, 0.6) is 5.75 Å². The Hall–Kier alpha value is -2.95. The first-order valence-corrected chi connectivity index (χ1v) is 12.3. The van der Waals surface area contributed by atoms with E-state index in [0.29, 0.717) is 44.2 Å². The predicted molar refractivity (Wildman–Crippen MR) is 121 cm³/mol. The van der Waals surface area contributed by atoms with E-state index in [1.807, 2.05) is 13.0 Å². The number of rotatable bonds is 7. The number of aryl methyl sites for hydroxylation is 1. The minimum Gasteiger partial charge on any atom is -0.482 e. The number of carbonyl (C=O) groups is 2. The first-order valence-electron chi connectivity index (χ1n) is 10.9. The van der Waals surface area contributed by atoms with Gasteiger partial charge in [-0.3, -0.25) is 9.59 Å². The highest BCUT2D eigenvalue weighted by Crippen LogP contribution is 2.30. The molecule has 1 saturated heterocycles. The Balaban J connectivity index is 1.31. The van der Waals surface area contributed by atoms with Gasteiger partial charge in [-0.15, -0.1) is 0 Å². The lowest BCUT2D eigenvalue weighted by molar-refractivity contribution is -0.121. The second-order valence-corrected chi connectivity index (χ2v) is 9.98.